The number of ether oxygens (including phenoxy) is 1. The van der Waals surface area contributed by atoms with E-state index in [1.807, 2.05) is 60.7 Å². The van der Waals surface area contributed by atoms with E-state index < -0.39 is 0 Å². The minimum Gasteiger partial charge on any atom is -0.494 e. The molecule has 0 radical (unpaired) electrons. The highest BCUT2D eigenvalue weighted by Crippen LogP contribution is 2.24. The molecule has 0 saturated heterocycles. The fourth-order valence-electron chi connectivity index (χ4n) is 3.59. The quantitative estimate of drug-likeness (QED) is 0.378. The first-order valence-corrected chi connectivity index (χ1v) is 10.5. The van der Waals surface area contributed by atoms with E-state index in [1.54, 1.807) is 21.3 Å². The number of aromatic nitrogens is 5. The van der Waals surface area contributed by atoms with E-state index >= 15 is 0 Å². The standard InChI is InChI=1S/C24H23N5O2/c1-2-3-15-31-20-11-9-19(10-12-20)21-16-22-23-26-29(17-18-7-5-4-6-8-18)24(30)27(23)13-14-28(22)25-21/h4-14,16H,2-3,15,17H2,1H3. The second-order valence-electron chi connectivity index (χ2n) is 7.50. The van der Waals surface area contributed by atoms with E-state index in [0.717, 1.165) is 47.5 Å². The van der Waals surface area contributed by atoms with E-state index in [2.05, 4.69) is 17.1 Å². The van der Waals surface area contributed by atoms with E-state index in [4.69, 9.17) is 4.74 Å². The highest BCUT2D eigenvalue weighted by atomic mass is 16.5. The number of rotatable bonds is 7. The van der Waals surface area contributed by atoms with Gasteiger partial charge in [0.25, 0.3) is 0 Å². The fraction of sp³-hybridized carbons (Fsp3) is 0.208. The number of hydrogen-bond donors (Lipinski definition) is 0. The maximum atomic E-state index is 12.8. The molecule has 0 atom stereocenters. The summed E-state index contributed by atoms with van der Waals surface area (Å²) in [4.78, 5) is 12.8. The van der Waals surface area contributed by atoms with Crippen molar-refractivity contribution in [2.45, 2.75) is 26.3 Å². The van der Waals surface area contributed by atoms with Gasteiger partial charge in [-0.1, -0.05) is 43.7 Å². The summed E-state index contributed by atoms with van der Waals surface area (Å²) in [7, 11) is 0. The van der Waals surface area contributed by atoms with Gasteiger partial charge in [0.05, 0.1) is 18.8 Å². The fourth-order valence-corrected chi connectivity index (χ4v) is 3.59. The molecular weight excluding hydrogens is 390 g/mol. The summed E-state index contributed by atoms with van der Waals surface area (Å²) < 4.78 is 10.6. The number of unbranched alkanes of at least 4 members (excludes halogenated alkanes) is 1. The summed E-state index contributed by atoms with van der Waals surface area (Å²) in [5.41, 5.74) is 4.03. The van der Waals surface area contributed by atoms with E-state index in [0.29, 0.717) is 12.2 Å². The van der Waals surface area contributed by atoms with E-state index in [-0.39, 0.29) is 5.69 Å². The average molecular weight is 413 g/mol. The van der Waals surface area contributed by atoms with Crippen LogP contribution in [0.4, 0.5) is 0 Å². The normalized spacial score (nSPS) is 11.4. The van der Waals surface area contributed by atoms with Crippen molar-refractivity contribution in [3.8, 4) is 17.0 Å². The Morgan fingerprint density at radius 1 is 0.968 bits per heavy atom. The van der Waals surface area contributed by atoms with Crippen molar-refractivity contribution in [2.24, 2.45) is 0 Å². The Hall–Kier alpha value is -3.87. The lowest BCUT2D eigenvalue weighted by Gasteiger charge is -2.05. The van der Waals surface area contributed by atoms with Crippen LogP contribution in [0.5, 0.6) is 5.75 Å². The van der Waals surface area contributed by atoms with Gasteiger partial charge >= 0.3 is 5.69 Å². The van der Waals surface area contributed by atoms with Crippen LogP contribution in [-0.4, -0.2) is 30.4 Å². The SMILES string of the molecule is CCCCOc1ccc(-c2cc3c4nn(Cc5ccccc5)c(=O)n4ccn3n2)cc1. The van der Waals surface area contributed by atoms with Crippen LogP contribution in [0.3, 0.4) is 0 Å². The Kier molecular flexibility index (Phi) is 5.00. The van der Waals surface area contributed by atoms with Crippen LogP contribution >= 0.6 is 0 Å². The van der Waals surface area contributed by atoms with Crippen LogP contribution in [0, 0.1) is 0 Å². The molecule has 0 fully saturated rings. The molecule has 2 aromatic carbocycles. The van der Waals surface area contributed by atoms with Gasteiger partial charge in [-0.15, -0.1) is 5.10 Å². The van der Waals surface area contributed by atoms with Crippen molar-refractivity contribution in [3.63, 3.8) is 0 Å². The third-order valence-corrected chi connectivity index (χ3v) is 5.28. The second-order valence-corrected chi connectivity index (χ2v) is 7.50. The van der Waals surface area contributed by atoms with Crippen molar-refractivity contribution in [3.05, 3.63) is 89.1 Å². The summed E-state index contributed by atoms with van der Waals surface area (Å²) in [5, 5.41) is 9.26. The summed E-state index contributed by atoms with van der Waals surface area (Å²) in [6.45, 7) is 3.29. The summed E-state index contributed by atoms with van der Waals surface area (Å²) in [6.07, 6.45) is 5.64. The average Bonchev–Trinajstić information content (AvgIpc) is 3.37. The molecule has 0 amide bonds. The van der Waals surface area contributed by atoms with Gasteiger partial charge in [0.2, 0.25) is 0 Å². The molecule has 0 bridgehead atoms. The highest BCUT2D eigenvalue weighted by Gasteiger charge is 2.14. The lowest BCUT2D eigenvalue weighted by molar-refractivity contribution is 0.309. The molecule has 156 valence electrons. The third kappa shape index (κ3) is 3.70. The van der Waals surface area contributed by atoms with Crippen LogP contribution in [-0.2, 0) is 6.54 Å². The number of nitrogens with zero attached hydrogens (tertiary/aromatic N) is 5. The van der Waals surface area contributed by atoms with Crippen molar-refractivity contribution in [2.75, 3.05) is 6.61 Å². The first-order valence-electron chi connectivity index (χ1n) is 10.5. The van der Waals surface area contributed by atoms with Gasteiger partial charge in [-0.25, -0.2) is 18.4 Å². The van der Waals surface area contributed by atoms with Crippen LogP contribution < -0.4 is 10.4 Å². The van der Waals surface area contributed by atoms with Crippen LogP contribution in [0.2, 0.25) is 0 Å². The summed E-state index contributed by atoms with van der Waals surface area (Å²) in [6, 6.07) is 19.7. The Labute approximate surface area is 179 Å². The lowest BCUT2D eigenvalue weighted by Crippen LogP contribution is -2.21. The van der Waals surface area contributed by atoms with E-state index in [9.17, 15) is 4.79 Å². The molecule has 0 spiro atoms. The smallest absolute Gasteiger partial charge is 0.350 e. The van der Waals surface area contributed by atoms with Gasteiger partial charge in [-0.05, 0) is 42.3 Å². The molecule has 0 saturated carbocycles. The largest absolute Gasteiger partial charge is 0.494 e. The number of benzene rings is 2. The van der Waals surface area contributed by atoms with Crippen molar-refractivity contribution >= 4 is 11.2 Å². The maximum absolute atomic E-state index is 12.8. The lowest BCUT2D eigenvalue weighted by atomic mass is 10.1. The molecule has 7 nitrogen and oxygen atoms in total. The van der Waals surface area contributed by atoms with Crippen LogP contribution in [0.15, 0.2) is 77.9 Å². The molecular formula is C24H23N5O2. The van der Waals surface area contributed by atoms with Crippen molar-refractivity contribution in [1.82, 2.24) is 23.8 Å². The minimum absolute atomic E-state index is 0.169. The molecule has 0 N–H and O–H groups in total. The first-order chi connectivity index (χ1) is 15.2. The molecule has 5 rings (SSSR count). The topological polar surface area (TPSA) is 65.8 Å². The zero-order valence-corrected chi connectivity index (χ0v) is 17.3. The summed E-state index contributed by atoms with van der Waals surface area (Å²) >= 11 is 0. The molecule has 0 aliphatic carbocycles. The van der Waals surface area contributed by atoms with Gasteiger partial charge in [-0.2, -0.15) is 5.10 Å². The van der Waals surface area contributed by atoms with Gasteiger partial charge in [0, 0.05) is 18.0 Å². The van der Waals surface area contributed by atoms with Crippen molar-refractivity contribution < 1.29 is 4.74 Å². The molecule has 5 aromatic rings. The molecule has 0 aliphatic heterocycles. The Morgan fingerprint density at radius 3 is 2.55 bits per heavy atom. The highest BCUT2D eigenvalue weighted by molar-refractivity contribution is 5.76. The molecule has 3 aromatic heterocycles. The van der Waals surface area contributed by atoms with Gasteiger partial charge < -0.3 is 4.74 Å². The maximum Gasteiger partial charge on any atom is 0.350 e. The van der Waals surface area contributed by atoms with Gasteiger partial charge in [0.15, 0.2) is 5.65 Å². The van der Waals surface area contributed by atoms with Gasteiger partial charge in [0.1, 0.15) is 11.3 Å². The monoisotopic (exact) mass is 413 g/mol. The Morgan fingerprint density at radius 2 is 1.77 bits per heavy atom. The predicted molar refractivity (Wildman–Crippen MR) is 120 cm³/mol. The third-order valence-electron chi connectivity index (χ3n) is 5.28. The molecule has 3 heterocycles. The number of fused-ring (bicyclic) bond motifs is 3. The van der Waals surface area contributed by atoms with E-state index in [1.165, 1.54) is 4.68 Å². The number of hydrogen-bond acceptors (Lipinski definition) is 4. The van der Waals surface area contributed by atoms with Crippen LogP contribution in [0.1, 0.15) is 25.3 Å². The predicted octanol–water partition coefficient (Wildman–Crippen LogP) is 4.04. The zero-order chi connectivity index (χ0) is 21.2. The Balaban J connectivity index is 1.49. The molecule has 7 heteroatoms. The second kappa shape index (κ2) is 8.10. The Bertz CT molecular complexity index is 1380. The molecule has 31 heavy (non-hydrogen) atoms. The summed E-state index contributed by atoms with van der Waals surface area (Å²) in [5.74, 6) is 0.856. The molecule has 0 unspecified atom stereocenters. The minimum atomic E-state index is -0.169. The van der Waals surface area contributed by atoms with Crippen molar-refractivity contribution in [1.29, 1.82) is 0 Å². The molecule has 0 aliphatic rings. The van der Waals surface area contributed by atoms with Gasteiger partial charge in [-0.3, -0.25) is 0 Å². The zero-order valence-electron chi connectivity index (χ0n) is 17.3. The van der Waals surface area contributed by atoms with Crippen LogP contribution in [0.25, 0.3) is 22.4 Å². The first kappa shape index (κ1) is 19.1.